The molecule has 0 aliphatic carbocycles. The Labute approximate surface area is 87.0 Å². The molecule has 70 valence electrons. The van der Waals surface area contributed by atoms with Gasteiger partial charge in [0.25, 0.3) is 0 Å². The Morgan fingerprint density at radius 3 is 3.00 bits per heavy atom. The number of hydrogen-bond donors (Lipinski definition) is 1. The van der Waals surface area contributed by atoms with Crippen LogP contribution >= 0.6 is 22.6 Å². The summed E-state index contributed by atoms with van der Waals surface area (Å²) < 4.78 is 0.928. The molecule has 12 heavy (non-hydrogen) atoms. The molecule has 1 amide bonds. The number of halogens is 1. The van der Waals surface area contributed by atoms with E-state index in [1.807, 2.05) is 11.9 Å². The minimum Gasteiger partial charge on any atom is -0.341 e. The number of hydrogen-bond acceptors (Lipinski definition) is 2. The van der Waals surface area contributed by atoms with Gasteiger partial charge in [-0.25, -0.2) is 0 Å². The topological polar surface area (TPSA) is 32.3 Å². The molecular weight excluding hydrogens is 267 g/mol. The molecule has 0 saturated carbocycles. The molecule has 3 nitrogen and oxygen atoms in total. The van der Waals surface area contributed by atoms with Crippen LogP contribution in [0.1, 0.15) is 12.8 Å². The minimum absolute atomic E-state index is 0.308. The first-order valence-electron chi connectivity index (χ1n) is 4.29. The van der Waals surface area contributed by atoms with E-state index in [0.717, 1.165) is 23.9 Å². The van der Waals surface area contributed by atoms with Gasteiger partial charge in [0, 0.05) is 30.0 Å². The van der Waals surface area contributed by atoms with Gasteiger partial charge in [-0.1, -0.05) is 22.6 Å². The van der Waals surface area contributed by atoms with E-state index in [1.165, 1.54) is 0 Å². The van der Waals surface area contributed by atoms with Gasteiger partial charge >= 0.3 is 0 Å². The molecule has 0 radical (unpaired) electrons. The lowest BCUT2D eigenvalue weighted by Crippen LogP contribution is -2.33. The lowest BCUT2D eigenvalue weighted by atomic mass is 10.3. The molecule has 1 N–H and O–H groups in total. The molecule has 0 spiro atoms. The van der Waals surface area contributed by atoms with Crippen LogP contribution in [-0.4, -0.2) is 41.4 Å². The van der Waals surface area contributed by atoms with E-state index in [4.69, 9.17) is 0 Å². The van der Waals surface area contributed by atoms with Crippen molar-refractivity contribution in [3.8, 4) is 0 Å². The summed E-state index contributed by atoms with van der Waals surface area (Å²) in [6.07, 6.45) is 1.79. The van der Waals surface area contributed by atoms with E-state index in [-0.39, 0.29) is 0 Å². The minimum atomic E-state index is 0.308. The van der Waals surface area contributed by atoms with Gasteiger partial charge in [-0.2, -0.15) is 0 Å². The third kappa shape index (κ3) is 2.58. The second-order valence-corrected chi connectivity index (χ2v) is 4.13. The van der Waals surface area contributed by atoms with E-state index in [1.54, 1.807) is 0 Å². The molecule has 1 aliphatic rings. The summed E-state index contributed by atoms with van der Waals surface area (Å²) >= 11 is 2.24. The van der Waals surface area contributed by atoms with Crippen LogP contribution in [0.3, 0.4) is 0 Å². The quantitative estimate of drug-likeness (QED) is 0.608. The number of nitrogens with one attached hydrogen (secondary N) is 1. The Morgan fingerprint density at radius 2 is 2.50 bits per heavy atom. The van der Waals surface area contributed by atoms with Crippen molar-refractivity contribution in [1.29, 1.82) is 0 Å². The standard InChI is InChI=1S/C8H15IN2O/c1-10-7-3-5-11(6-7)8(12)2-4-9/h7,10H,2-6H2,1H3/t7-/m0/s1. The Morgan fingerprint density at radius 1 is 1.75 bits per heavy atom. The number of carbonyl (C=O) groups is 1. The number of alkyl halides is 1. The van der Waals surface area contributed by atoms with Crippen molar-refractivity contribution < 1.29 is 4.79 Å². The highest BCUT2D eigenvalue weighted by atomic mass is 127. The maximum absolute atomic E-state index is 11.4. The van der Waals surface area contributed by atoms with Gasteiger partial charge in [0.2, 0.25) is 5.91 Å². The SMILES string of the molecule is CN[C@H]1CCN(C(=O)CCI)C1. The van der Waals surface area contributed by atoms with E-state index < -0.39 is 0 Å². The average molecular weight is 282 g/mol. The summed E-state index contributed by atoms with van der Waals surface area (Å²) in [6, 6.07) is 0.517. The fourth-order valence-electron chi connectivity index (χ4n) is 1.46. The molecule has 0 bridgehead atoms. The second kappa shape index (κ2) is 5.01. The van der Waals surface area contributed by atoms with Gasteiger partial charge in [0.1, 0.15) is 0 Å². The number of likely N-dealkylation sites (N-methyl/N-ethyl adjacent to an activating group) is 1. The first-order chi connectivity index (χ1) is 5.77. The van der Waals surface area contributed by atoms with Gasteiger partial charge in [0.15, 0.2) is 0 Å². The zero-order chi connectivity index (χ0) is 8.97. The van der Waals surface area contributed by atoms with Gasteiger partial charge in [0.05, 0.1) is 0 Å². The number of likely N-dealkylation sites (tertiary alicyclic amines) is 1. The Bertz CT molecular complexity index is 163. The smallest absolute Gasteiger partial charge is 0.223 e. The first kappa shape index (κ1) is 10.2. The predicted octanol–water partition coefficient (Wildman–Crippen LogP) is 0.632. The average Bonchev–Trinajstić information content (AvgIpc) is 2.52. The third-order valence-corrected chi connectivity index (χ3v) is 2.80. The summed E-state index contributed by atoms with van der Waals surface area (Å²) in [5.74, 6) is 0.308. The number of carbonyl (C=O) groups excluding carboxylic acids is 1. The highest BCUT2D eigenvalue weighted by Crippen LogP contribution is 2.10. The van der Waals surface area contributed by atoms with Crippen LogP contribution in [0.5, 0.6) is 0 Å². The van der Waals surface area contributed by atoms with E-state index in [9.17, 15) is 4.79 Å². The monoisotopic (exact) mass is 282 g/mol. The van der Waals surface area contributed by atoms with Gasteiger partial charge < -0.3 is 10.2 Å². The van der Waals surface area contributed by atoms with E-state index in [0.29, 0.717) is 18.4 Å². The van der Waals surface area contributed by atoms with Crippen LogP contribution in [-0.2, 0) is 4.79 Å². The third-order valence-electron chi connectivity index (χ3n) is 2.26. The fraction of sp³-hybridized carbons (Fsp3) is 0.875. The Kier molecular flexibility index (Phi) is 4.28. The zero-order valence-electron chi connectivity index (χ0n) is 7.35. The van der Waals surface area contributed by atoms with Crippen molar-refractivity contribution in [2.24, 2.45) is 0 Å². The van der Waals surface area contributed by atoms with Crippen molar-refractivity contribution in [2.45, 2.75) is 18.9 Å². The Balaban J connectivity index is 2.31. The van der Waals surface area contributed by atoms with Crippen LogP contribution in [0.25, 0.3) is 0 Å². The summed E-state index contributed by atoms with van der Waals surface area (Å²) in [6.45, 7) is 1.83. The van der Waals surface area contributed by atoms with Gasteiger partial charge in [-0.3, -0.25) is 4.79 Å². The summed E-state index contributed by atoms with van der Waals surface area (Å²) in [5, 5.41) is 3.20. The summed E-state index contributed by atoms with van der Waals surface area (Å²) in [7, 11) is 1.96. The molecule has 1 atom stereocenters. The first-order valence-corrected chi connectivity index (χ1v) is 5.81. The van der Waals surface area contributed by atoms with Crippen molar-refractivity contribution >= 4 is 28.5 Å². The summed E-state index contributed by atoms with van der Waals surface area (Å²) in [4.78, 5) is 13.4. The normalized spacial score (nSPS) is 23.2. The number of nitrogens with zero attached hydrogens (tertiary/aromatic N) is 1. The van der Waals surface area contributed by atoms with Crippen LogP contribution in [0, 0.1) is 0 Å². The molecule has 1 saturated heterocycles. The number of amides is 1. The van der Waals surface area contributed by atoms with Crippen LogP contribution in [0.2, 0.25) is 0 Å². The van der Waals surface area contributed by atoms with Crippen molar-refractivity contribution in [3.05, 3.63) is 0 Å². The molecule has 4 heteroatoms. The molecule has 1 fully saturated rings. The van der Waals surface area contributed by atoms with E-state index in [2.05, 4.69) is 27.9 Å². The Hall–Kier alpha value is 0.160. The van der Waals surface area contributed by atoms with Crippen LogP contribution in [0.15, 0.2) is 0 Å². The lowest BCUT2D eigenvalue weighted by molar-refractivity contribution is -0.129. The van der Waals surface area contributed by atoms with Gasteiger partial charge in [-0.05, 0) is 13.5 Å². The molecule has 0 aromatic carbocycles. The molecule has 0 unspecified atom stereocenters. The van der Waals surface area contributed by atoms with Crippen molar-refractivity contribution in [1.82, 2.24) is 10.2 Å². The van der Waals surface area contributed by atoms with E-state index >= 15 is 0 Å². The molecular formula is C8H15IN2O. The second-order valence-electron chi connectivity index (χ2n) is 3.05. The molecule has 1 rings (SSSR count). The summed E-state index contributed by atoms with van der Waals surface area (Å²) in [5.41, 5.74) is 0. The predicted molar refractivity (Wildman–Crippen MR) is 57.5 cm³/mol. The maximum atomic E-state index is 11.4. The molecule has 0 aromatic heterocycles. The molecule has 1 aliphatic heterocycles. The van der Waals surface area contributed by atoms with Crippen LogP contribution in [0.4, 0.5) is 0 Å². The molecule has 0 aromatic rings. The highest BCUT2D eigenvalue weighted by molar-refractivity contribution is 14.1. The zero-order valence-corrected chi connectivity index (χ0v) is 9.50. The number of rotatable bonds is 3. The van der Waals surface area contributed by atoms with Crippen molar-refractivity contribution in [2.75, 3.05) is 24.6 Å². The lowest BCUT2D eigenvalue weighted by Gasteiger charge is -2.15. The van der Waals surface area contributed by atoms with Gasteiger partial charge in [-0.15, -0.1) is 0 Å². The molecule has 1 heterocycles. The van der Waals surface area contributed by atoms with Crippen molar-refractivity contribution in [3.63, 3.8) is 0 Å². The highest BCUT2D eigenvalue weighted by Gasteiger charge is 2.23. The largest absolute Gasteiger partial charge is 0.341 e. The maximum Gasteiger partial charge on any atom is 0.223 e. The van der Waals surface area contributed by atoms with Crippen LogP contribution < -0.4 is 5.32 Å². The fourth-order valence-corrected chi connectivity index (χ4v) is 1.92.